The van der Waals surface area contributed by atoms with E-state index in [2.05, 4.69) is 0 Å². The van der Waals surface area contributed by atoms with Crippen LogP contribution >= 0.6 is 0 Å². The predicted octanol–water partition coefficient (Wildman–Crippen LogP) is 4.58. The highest BCUT2D eigenvalue weighted by Gasteiger charge is 2.39. The maximum atomic E-state index is 13.0. The maximum absolute atomic E-state index is 13.0. The van der Waals surface area contributed by atoms with Crippen LogP contribution in [0.1, 0.15) is 54.6 Å². The maximum Gasteiger partial charge on any atom is 0.417 e. The van der Waals surface area contributed by atoms with Gasteiger partial charge in [0.05, 0.1) is 23.3 Å². The van der Waals surface area contributed by atoms with Crippen molar-refractivity contribution in [2.45, 2.75) is 51.5 Å². The van der Waals surface area contributed by atoms with E-state index < -0.39 is 47.0 Å². The summed E-state index contributed by atoms with van der Waals surface area (Å²) in [5.74, 6) is -2.34. The fourth-order valence-corrected chi connectivity index (χ4v) is 2.14. The van der Waals surface area contributed by atoms with E-state index in [0.29, 0.717) is 6.42 Å². The first kappa shape index (κ1) is 22.8. The van der Waals surface area contributed by atoms with Gasteiger partial charge in [0.25, 0.3) is 5.91 Å². The molecule has 1 unspecified atom stereocenters. The first-order valence-corrected chi connectivity index (χ1v) is 8.13. The average molecular weight is 399 g/mol. The molecule has 0 fully saturated rings. The summed E-state index contributed by atoms with van der Waals surface area (Å²) in [6.07, 6.45) is -7.72. The molecular weight excluding hydrogens is 380 g/mol. The molecule has 27 heavy (non-hydrogen) atoms. The van der Waals surface area contributed by atoms with Gasteiger partial charge >= 0.3 is 18.3 Å². The largest absolute Gasteiger partial charge is 0.464 e. The number of alkyl halides is 6. The van der Waals surface area contributed by atoms with E-state index in [-0.39, 0.29) is 24.8 Å². The zero-order valence-corrected chi connectivity index (χ0v) is 14.6. The van der Waals surface area contributed by atoms with Crippen molar-refractivity contribution < 1.29 is 40.7 Å². The number of esters is 1. The Balaban J connectivity index is 2.99. The van der Waals surface area contributed by atoms with Crippen LogP contribution in [0.2, 0.25) is 0 Å². The number of hydrogen-bond acceptors (Lipinski definition) is 3. The predicted molar refractivity (Wildman–Crippen MR) is 83.9 cm³/mol. The number of halogens is 6. The van der Waals surface area contributed by atoms with E-state index in [4.69, 9.17) is 4.74 Å². The standard InChI is InChI=1S/C17H19F6NO3/c1-3-4-5-8-27-15(26)10(2)24-14(25)12-9-11(16(18,19)20)6-7-13(12)17(21,22)23/h6-7,9-10H,3-5,8H2,1-2H3,(H,24,25). The Labute approximate surface area is 151 Å². The summed E-state index contributed by atoms with van der Waals surface area (Å²) in [7, 11) is 0. The summed E-state index contributed by atoms with van der Waals surface area (Å²) in [4.78, 5) is 23.8. The minimum absolute atomic E-state index is 0.0737. The Morgan fingerprint density at radius 3 is 2.22 bits per heavy atom. The minimum Gasteiger partial charge on any atom is -0.464 e. The molecule has 0 radical (unpaired) electrons. The first-order valence-electron chi connectivity index (χ1n) is 8.13. The van der Waals surface area contributed by atoms with Crippen LogP contribution in [0.5, 0.6) is 0 Å². The van der Waals surface area contributed by atoms with Crippen molar-refractivity contribution in [3.8, 4) is 0 Å². The van der Waals surface area contributed by atoms with Crippen molar-refractivity contribution in [1.29, 1.82) is 0 Å². The van der Waals surface area contributed by atoms with Crippen molar-refractivity contribution in [1.82, 2.24) is 5.32 Å². The van der Waals surface area contributed by atoms with Crippen molar-refractivity contribution in [2.75, 3.05) is 6.61 Å². The van der Waals surface area contributed by atoms with Gasteiger partial charge in [0.2, 0.25) is 0 Å². The molecule has 4 nitrogen and oxygen atoms in total. The molecule has 1 aromatic rings. The van der Waals surface area contributed by atoms with Crippen LogP contribution in [0.4, 0.5) is 26.3 Å². The number of ether oxygens (including phenoxy) is 1. The van der Waals surface area contributed by atoms with Gasteiger partial charge in [0.15, 0.2) is 0 Å². The SMILES string of the molecule is CCCCCOC(=O)C(C)NC(=O)c1cc(C(F)(F)F)ccc1C(F)(F)F. The van der Waals surface area contributed by atoms with Gasteiger partial charge in [-0.15, -0.1) is 0 Å². The number of carbonyl (C=O) groups excluding carboxylic acids is 2. The molecule has 0 aliphatic heterocycles. The number of amides is 1. The highest BCUT2D eigenvalue weighted by molar-refractivity contribution is 5.98. The van der Waals surface area contributed by atoms with Gasteiger partial charge in [-0.05, 0) is 31.5 Å². The third kappa shape index (κ3) is 6.76. The van der Waals surface area contributed by atoms with Crippen LogP contribution in [-0.2, 0) is 21.9 Å². The Morgan fingerprint density at radius 2 is 1.70 bits per heavy atom. The van der Waals surface area contributed by atoms with Crippen molar-refractivity contribution in [3.63, 3.8) is 0 Å². The molecule has 0 bridgehead atoms. The number of rotatable bonds is 7. The Bertz CT molecular complexity index is 670. The van der Waals surface area contributed by atoms with E-state index >= 15 is 0 Å². The van der Waals surface area contributed by atoms with E-state index in [9.17, 15) is 35.9 Å². The molecule has 0 heterocycles. The third-order valence-corrected chi connectivity index (χ3v) is 3.59. The van der Waals surface area contributed by atoms with E-state index in [1.54, 1.807) is 0 Å². The molecule has 0 aliphatic carbocycles. The molecule has 1 N–H and O–H groups in total. The lowest BCUT2D eigenvalue weighted by atomic mass is 10.0. The fourth-order valence-electron chi connectivity index (χ4n) is 2.14. The number of unbranched alkanes of at least 4 members (excludes halogenated alkanes) is 2. The average Bonchev–Trinajstić information content (AvgIpc) is 2.56. The van der Waals surface area contributed by atoms with E-state index in [1.807, 2.05) is 12.2 Å². The molecule has 0 spiro atoms. The summed E-state index contributed by atoms with van der Waals surface area (Å²) in [6, 6.07) is -0.789. The van der Waals surface area contributed by atoms with Crippen LogP contribution < -0.4 is 5.32 Å². The van der Waals surface area contributed by atoms with Crippen LogP contribution in [0.3, 0.4) is 0 Å². The second-order valence-electron chi connectivity index (χ2n) is 5.83. The zero-order valence-electron chi connectivity index (χ0n) is 14.6. The van der Waals surface area contributed by atoms with E-state index in [1.165, 1.54) is 6.92 Å². The topological polar surface area (TPSA) is 55.4 Å². The lowest BCUT2D eigenvalue weighted by Gasteiger charge is -2.18. The lowest BCUT2D eigenvalue weighted by Crippen LogP contribution is -2.40. The Morgan fingerprint density at radius 1 is 1.07 bits per heavy atom. The first-order chi connectivity index (χ1) is 12.4. The summed E-state index contributed by atoms with van der Waals surface area (Å²) in [5, 5.41) is 1.95. The van der Waals surface area contributed by atoms with Gasteiger partial charge < -0.3 is 10.1 Å². The molecule has 10 heteroatoms. The molecule has 152 valence electrons. The normalized spacial score (nSPS) is 13.2. The molecule has 0 aromatic heterocycles. The van der Waals surface area contributed by atoms with Gasteiger partial charge in [-0.3, -0.25) is 4.79 Å². The molecule has 1 atom stereocenters. The zero-order chi connectivity index (χ0) is 20.8. The van der Waals surface area contributed by atoms with Crippen LogP contribution in [0.25, 0.3) is 0 Å². The number of hydrogen-bond donors (Lipinski definition) is 1. The van der Waals surface area contributed by atoms with Gasteiger partial charge in [0, 0.05) is 0 Å². The number of nitrogens with one attached hydrogen (secondary N) is 1. The Hall–Kier alpha value is -2.26. The van der Waals surface area contributed by atoms with Crippen molar-refractivity contribution in [2.24, 2.45) is 0 Å². The van der Waals surface area contributed by atoms with Gasteiger partial charge in [0.1, 0.15) is 6.04 Å². The summed E-state index contributed by atoms with van der Waals surface area (Å²) >= 11 is 0. The highest BCUT2D eigenvalue weighted by atomic mass is 19.4. The van der Waals surface area contributed by atoms with Crippen molar-refractivity contribution in [3.05, 3.63) is 34.9 Å². The molecule has 1 rings (SSSR count). The molecule has 0 saturated heterocycles. The minimum atomic E-state index is -5.04. The monoisotopic (exact) mass is 399 g/mol. The quantitative estimate of drug-likeness (QED) is 0.415. The van der Waals surface area contributed by atoms with Gasteiger partial charge in [-0.1, -0.05) is 19.8 Å². The smallest absolute Gasteiger partial charge is 0.417 e. The molecule has 1 amide bonds. The van der Waals surface area contributed by atoms with Crippen LogP contribution in [0, 0.1) is 0 Å². The number of carbonyl (C=O) groups is 2. The molecule has 0 aliphatic rings. The van der Waals surface area contributed by atoms with Crippen molar-refractivity contribution >= 4 is 11.9 Å². The number of benzene rings is 1. The van der Waals surface area contributed by atoms with E-state index in [0.717, 1.165) is 12.8 Å². The van der Waals surface area contributed by atoms with Crippen LogP contribution in [-0.4, -0.2) is 24.5 Å². The lowest BCUT2D eigenvalue weighted by molar-refractivity contribution is -0.145. The highest BCUT2D eigenvalue weighted by Crippen LogP contribution is 2.36. The Kier molecular flexibility index (Phi) is 7.67. The fraction of sp³-hybridized carbons (Fsp3) is 0.529. The summed E-state index contributed by atoms with van der Waals surface area (Å²) < 4.78 is 82.2. The van der Waals surface area contributed by atoms with Gasteiger partial charge in [-0.2, -0.15) is 26.3 Å². The van der Waals surface area contributed by atoms with Crippen LogP contribution in [0.15, 0.2) is 18.2 Å². The summed E-state index contributed by atoms with van der Waals surface area (Å²) in [6.45, 7) is 3.17. The third-order valence-electron chi connectivity index (χ3n) is 3.59. The molecule has 0 saturated carbocycles. The summed E-state index contributed by atoms with van der Waals surface area (Å²) in [5.41, 5.74) is -4.16. The second-order valence-corrected chi connectivity index (χ2v) is 5.83. The van der Waals surface area contributed by atoms with Gasteiger partial charge in [-0.25, -0.2) is 4.79 Å². The molecule has 1 aromatic carbocycles. The molecular formula is C17H19F6NO3. The second kappa shape index (κ2) is 9.09.